The largest absolute Gasteiger partial charge is 0.489 e. The van der Waals surface area contributed by atoms with Crippen molar-refractivity contribution in [2.45, 2.75) is 44.8 Å². The molecule has 58 heavy (non-hydrogen) atoms. The van der Waals surface area contributed by atoms with E-state index in [1.165, 1.54) is 36.3 Å². The van der Waals surface area contributed by atoms with E-state index in [9.17, 15) is 37.7 Å². The van der Waals surface area contributed by atoms with Crippen molar-refractivity contribution in [2.24, 2.45) is 0 Å². The molecular weight excluding hydrogens is 792 g/mol. The first-order valence-corrected chi connectivity index (χ1v) is 20.0. The Balaban J connectivity index is 1.04. The van der Waals surface area contributed by atoms with Crippen molar-refractivity contribution < 1.29 is 41.9 Å². The number of anilines is 2. The molecule has 19 heteroatoms. The second-order valence-corrected chi connectivity index (χ2v) is 16.2. The molecule has 17 nitrogen and oxygen atoms in total. The van der Waals surface area contributed by atoms with Crippen LogP contribution in [0.5, 0.6) is 11.5 Å². The Hall–Kier alpha value is -6.58. The van der Waals surface area contributed by atoms with Crippen molar-refractivity contribution in [3.63, 3.8) is 0 Å². The fourth-order valence-corrected chi connectivity index (χ4v) is 7.02. The van der Waals surface area contributed by atoms with Crippen LogP contribution in [0.4, 0.5) is 16.4 Å². The number of rotatable bonds is 13. The number of aromatic nitrogens is 2. The first kappa shape index (κ1) is 41.1. The Bertz CT molecular complexity index is 2490. The molecule has 3 heterocycles. The lowest BCUT2D eigenvalue weighted by atomic mass is 9.77. The molecule has 3 aromatic carbocycles. The van der Waals surface area contributed by atoms with Crippen LogP contribution >= 0.6 is 11.6 Å². The van der Waals surface area contributed by atoms with Crippen molar-refractivity contribution in [3.05, 3.63) is 105 Å². The lowest BCUT2D eigenvalue weighted by Crippen LogP contribution is -2.54. The second kappa shape index (κ2) is 16.5. The lowest BCUT2D eigenvalue weighted by molar-refractivity contribution is -0.136. The van der Waals surface area contributed by atoms with Gasteiger partial charge in [-0.3, -0.25) is 34.1 Å². The molecule has 3 N–H and O–H groups in total. The van der Waals surface area contributed by atoms with Crippen molar-refractivity contribution in [1.29, 1.82) is 5.26 Å². The summed E-state index contributed by atoms with van der Waals surface area (Å²) in [6.45, 7) is 4.08. The molecule has 6 rings (SSSR count). The normalized spacial score (nSPS) is 15.3. The quantitative estimate of drug-likeness (QED) is 0.161. The Morgan fingerprint density at radius 3 is 2.45 bits per heavy atom. The van der Waals surface area contributed by atoms with Crippen LogP contribution in [-0.2, 0) is 31.6 Å². The number of likely N-dealkylation sites (N-methyl/N-ethyl adjacent to an activating group) is 1. The number of hydrogen-bond acceptors (Lipinski definition) is 12. The van der Waals surface area contributed by atoms with E-state index < -0.39 is 51.1 Å². The van der Waals surface area contributed by atoms with Gasteiger partial charge in [0.1, 0.15) is 31.1 Å². The number of fused-ring (bicyclic) bond motifs is 1. The summed E-state index contributed by atoms with van der Waals surface area (Å²) in [5.74, 6) is -1.90. The van der Waals surface area contributed by atoms with Crippen molar-refractivity contribution in [2.75, 3.05) is 36.5 Å². The van der Waals surface area contributed by atoms with Crippen LogP contribution in [0.3, 0.4) is 0 Å². The predicted octanol–water partition coefficient (Wildman–Crippen LogP) is 4.22. The van der Waals surface area contributed by atoms with Crippen LogP contribution in [-0.4, -0.2) is 90.3 Å². The fraction of sp³-hybridized carbons (Fsp3) is 0.282. The molecular formula is C39H37ClN8O9S. The zero-order chi connectivity index (χ0) is 41.9. The molecule has 0 spiro atoms. The average molecular weight is 829 g/mol. The standard InChI is InChI=1S/C39H37ClN8O9S/c1-39(2,23-5-8-27(9-6-23)57-21-26-13-14-42-37(43-26)46-58(4,54)55)24-17-22(20-41)33(30(40)18-24)56-16-15-47(3)38(53)44-25-7-10-28-29(19-25)36(52)48(35(28)51)31-11-12-32(49)45-34(31)50/h5-10,13-14,17-19,31H,11-12,15-16,21H2,1-4H3,(H,44,53)(H,42,43,46)(H,45,49,50). The molecule has 4 aromatic rings. The van der Waals surface area contributed by atoms with Gasteiger partial charge in [0.25, 0.3) is 11.8 Å². The van der Waals surface area contributed by atoms with E-state index in [0.29, 0.717) is 11.4 Å². The van der Waals surface area contributed by atoms with Gasteiger partial charge in [-0.25, -0.2) is 23.2 Å². The van der Waals surface area contributed by atoms with Gasteiger partial charge in [-0.1, -0.05) is 37.6 Å². The molecule has 2 aliphatic heterocycles. The summed E-state index contributed by atoms with van der Waals surface area (Å²) in [6.07, 6.45) is 2.45. The molecule has 0 bridgehead atoms. The number of amides is 6. The maximum absolute atomic E-state index is 13.2. The molecule has 1 unspecified atom stereocenters. The van der Waals surface area contributed by atoms with Gasteiger partial charge in [-0.2, -0.15) is 5.26 Å². The van der Waals surface area contributed by atoms with Crippen molar-refractivity contribution >= 4 is 62.9 Å². The first-order valence-electron chi connectivity index (χ1n) is 17.7. The highest BCUT2D eigenvalue weighted by Crippen LogP contribution is 2.39. The number of hydrogen-bond donors (Lipinski definition) is 3. The molecule has 1 saturated heterocycles. The molecule has 300 valence electrons. The zero-order valence-electron chi connectivity index (χ0n) is 31.7. The van der Waals surface area contributed by atoms with Crippen LogP contribution in [0, 0.1) is 11.3 Å². The van der Waals surface area contributed by atoms with E-state index in [0.717, 1.165) is 22.3 Å². The SMILES string of the molecule is CN(CCOc1c(Cl)cc(C(C)(C)c2ccc(OCc3ccnc(NS(C)(=O)=O)n3)cc2)cc1C#N)C(=O)Nc1ccc2c(c1)C(=O)N(C1CCC(=O)NC1=O)C2=O. The van der Waals surface area contributed by atoms with Gasteiger partial charge in [0.2, 0.25) is 27.8 Å². The first-order chi connectivity index (χ1) is 27.4. The van der Waals surface area contributed by atoms with Gasteiger partial charge in [-0.05, 0) is 66.1 Å². The van der Waals surface area contributed by atoms with E-state index in [2.05, 4.69) is 31.4 Å². The van der Waals surface area contributed by atoms with Crippen LogP contribution in [0.15, 0.2) is 66.9 Å². The summed E-state index contributed by atoms with van der Waals surface area (Å²) in [5, 5.41) is 15.1. The predicted molar refractivity (Wildman–Crippen MR) is 210 cm³/mol. The minimum atomic E-state index is -3.53. The Morgan fingerprint density at radius 1 is 1.03 bits per heavy atom. The highest BCUT2D eigenvalue weighted by molar-refractivity contribution is 7.92. The monoisotopic (exact) mass is 828 g/mol. The van der Waals surface area contributed by atoms with Crippen molar-refractivity contribution in [1.82, 2.24) is 25.1 Å². The molecule has 1 aromatic heterocycles. The summed E-state index contributed by atoms with van der Waals surface area (Å²) in [5.41, 5.74) is 2.03. The summed E-state index contributed by atoms with van der Waals surface area (Å²) in [6, 6.07) is 17.1. The van der Waals surface area contributed by atoms with Crippen molar-refractivity contribution in [3.8, 4) is 17.6 Å². The van der Waals surface area contributed by atoms with E-state index >= 15 is 0 Å². The van der Waals surface area contributed by atoms with Crippen LogP contribution in [0.2, 0.25) is 5.02 Å². The van der Waals surface area contributed by atoms with E-state index in [1.807, 2.05) is 26.0 Å². The van der Waals surface area contributed by atoms with Crippen LogP contribution < -0.4 is 24.8 Å². The average Bonchev–Trinajstić information content (AvgIpc) is 3.41. The number of carbonyl (C=O) groups excluding carboxylic acids is 5. The number of ether oxygens (including phenoxy) is 2. The Kier molecular flexibility index (Phi) is 11.7. The Morgan fingerprint density at radius 2 is 1.76 bits per heavy atom. The molecule has 1 atom stereocenters. The topological polar surface area (TPSA) is 230 Å². The number of carbonyl (C=O) groups is 5. The fourth-order valence-electron chi connectivity index (χ4n) is 6.32. The molecule has 0 radical (unpaired) electrons. The van der Waals surface area contributed by atoms with E-state index in [1.54, 1.807) is 30.3 Å². The third-order valence-corrected chi connectivity index (χ3v) is 10.4. The van der Waals surface area contributed by atoms with Gasteiger partial charge < -0.3 is 19.7 Å². The maximum Gasteiger partial charge on any atom is 0.321 e. The number of sulfonamides is 1. The molecule has 1 fully saturated rings. The third kappa shape index (κ3) is 9.01. The number of piperidine rings is 1. The van der Waals surface area contributed by atoms with Gasteiger partial charge in [0.05, 0.1) is 40.2 Å². The Labute approximate surface area is 338 Å². The van der Waals surface area contributed by atoms with Gasteiger partial charge >= 0.3 is 6.03 Å². The molecule has 6 amide bonds. The molecule has 2 aliphatic rings. The summed E-state index contributed by atoms with van der Waals surface area (Å²) >= 11 is 6.68. The number of halogens is 1. The number of nitriles is 1. The van der Waals surface area contributed by atoms with Crippen LogP contribution in [0.25, 0.3) is 0 Å². The smallest absolute Gasteiger partial charge is 0.321 e. The number of nitrogens with one attached hydrogen (secondary N) is 3. The number of nitrogens with zero attached hydrogens (tertiary/aromatic N) is 5. The highest BCUT2D eigenvalue weighted by atomic mass is 35.5. The van der Waals surface area contributed by atoms with Gasteiger partial charge in [0.15, 0.2) is 5.75 Å². The maximum atomic E-state index is 13.2. The number of benzene rings is 3. The summed E-state index contributed by atoms with van der Waals surface area (Å²) in [4.78, 5) is 73.3. The number of urea groups is 1. The third-order valence-electron chi connectivity index (χ3n) is 9.55. The second-order valence-electron chi connectivity index (χ2n) is 14.0. The van der Waals surface area contributed by atoms with E-state index in [4.69, 9.17) is 21.1 Å². The molecule has 0 saturated carbocycles. The highest BCUT2D eigenvalue weighted by Gasteiger charge is 2.44. The zero-order valence-corrected chi connectivity index (χ0v) is 33.2. The minimum absolute atomic E-state index is 0.00416. The number of imide groups is 2. The van der Waals surface area contributed by atoms with Crippen LogP contribution in [0.1, 0.15) is 69.8 Å². The van der Waals surface area contributed by atoms with E-state index in [-0.39, 0.29) is 71.7 Å². The minimum Gasteiger partial charge on any atom is -0.489 e. The van der Waals surface area contributed by atoms with Gasteiger partial charge in [0, 0.05) is 30.8 Å². The molecule has 0 aliphatic carbocycles. The van der Waals surface area contributed by atoms with Gasteiger partial charge in [-0.15, -0.1) is 0 Å². The summed E-state index contributed by atoms with van der Waals surface area (Å²) < 4.78 is 37.0. The summed E-state index contributed by atoms with van der Waals surface area (Å²) in [7, 11) is -2.01. The lowest BCUT2D eigenvalue weighted by Gasteiger charge is -2.27.